The van der Waals surface area contributed by atoms with Gasteiger partial charge in [-0.3, -0.25) is 0 Å². The van der Waals surface area contributed by atoms with Gasteiger partial charge in [-0.2, -0.15) is 0 Å². The fourth-order valence-electron chi connectivity index (χ4n) is 6.30. The highest BCUT2D eigenvalue weighted by Gasteiger charge is 2.24. The quantitative estimate of drug-likeness (QED) is 0.275. The van der Waals surface area contributed by atoms with Crippen LogP contribution in [0.2, 0.25) is 0 Å². The van der Waals surface area contributed by atoms with Crippen molar-refractivity contribution < 1.29 is 4.42 Å². The van der Waals surface area contributed by atoms with Crippen molar-refractivity contribution in [1.29, 1.82) is 0 Å². The third-order valence-electron chi connectivity index (χ3n) is 8.97. The van der Waals surface area contributed by atoms with Gasteiger partial charge in [-0.05, 0) is 28.3 Å². The summed E-state index contributed by atoms with van der Waals surface area (Å²) in [7, 11) is 45.4. The molecule has 0 N–H and O–H groups in total. The number of furan rings is 1. The van der Waals surface area contributed by atoms with Crippen LogP contribution in [0.25, 0.3) is 78.4 Å². The second-order valence-electron chi connectivity index (χ2n) is 12.0. The number of benzene rings is 6. The molecule has 0 fully saturated rings. The summed E-state index contributed by atoms with van der Waals surface area (Å²) in [6.45, 7) is 0. The van der Waals surface area contributed by atoms with Crippen LogP contribution < -0.4 is 38.2 Å². The molecule has 14 radical (unpaired) electrons. The van der Waals surface area contributed by atoms with Crippen LogP contribution in [-0.2, 0) is 0 Å². The van der Waals surface area contributed by atoms with Gasteiger partial charge in [0.05, 0.1) is 0 Å². The normalized spacial score (nSPS) is 11.4. The highest BCUT2D eigenvalue weighted by Crippen LogP contribution is 2.30. The zero-order valence-corrected chi connectivity index (χ0v) is 26.7. The van der Waals surface area contributed by atoms with Crippen LogP contribution in [0, 0.1) is 0 Å². The third-order valence-corrected chi connectivity index (χ3v) is 8.97. The molecule has 2 heterocycles. The molecule has 8 rings (SSSR count). The Hall–Kier alpha value is -5.42. The predicted octanol–water partition coefficient (Wildman–Crippen LogP) is 1.66. The van der Waals surface area contributed by atoms with Crippen LogP contribution in [0.1, 0.15) is 0 Å². The molecule has 0 aliphatic carbocycles. The number of hydrogen-bond donors (Lipinski definition) is 0. The van der Waals surface area contributed by atoms with E-state index in [0.29, 0.717) is 22.4 Å². The van der Waals surface area contributed by atoms with Crippen molar-refractivity contribution >= 4 is 115 Å². The summed E-state index contributed by atoms with van der Waals surface area (Å²) < 4.78 is 6.09. The van der Waals surface area contributed by atoms with E-state index < -0.39 is 0 Å². The lowest BCUT2D eigenvalue weighted by molar-refractivity contribution is 0.675. The summed E-state index contributed by atoms with van der Waals surface area (Å²) in [6, 6.07) is 36.1. The molecule has 4 nitrogen and oxygen atoms in total. The van der Waals surface area contributed by atoms with E-state index in [0.717, 1.165) is 33.4 Å². The average Bonchev–Trinajstić information content (AvgIpc) is 3.58. The zero-order chi connectivity index (χ0) is 34.7. The van der Waals surface area contributed by atoms with E-state index in [1.54, 1.807) is 0 Å². The summed E-state index contributed by atoms with van der Waals surface area (Å²) in [5, 5.41) is 0.746. The molecule has 0 unspecified atom stereocenters. The van der Waals surface area contributed by atoms with Gasteiger partial charge in [0.1, 0.15) is 66.1 Å². The molecular formula is C39H18B7N3O. The molecular weight excluding hydrogens is 602 g/mol. The largest absolute Gasteiger partial charge is 0.457 e. The first-order valence-corrected chi connectivity index (χ1v) is 15.7. The van der Waals surface area contributed by atoms with Gasteiger partial charge in [0.25, 0.3) is 0 Å². The monoisotopic (exact) mass is 621 g/mol. The highest BCUT2D eigenvalue weighted by molar-refractivity contribution is 6.68. The van der Waals surface area contributed by atoms with Gasteiger partial charge in [0.15, 0.2) is 17.5 Å². The molecule has 0 amide bonds. The number of aromatic nitrogens is 3. The summed E-state index contributed by atoms with van der Waals surface area (Å²) >= 11 is 0. The Morgan fingerprint density at radius 2 is 0.780 bits per heavy atom. The van der Waals surface area contributed by atoms with Crippen LogP contribution in [0.3, 0.4) is 0 Å². The Kier molecular flexibility index (Phi) is 7.94. The summed E-state index contributed by atoms with van der Waals surface area (Å²) in [6.07, 6.45) is 0. The minimum atomic E-state index is 0.0992. The lowest BCUT2D eigenvalue weighted by Crippen LogP contribution is -2.47. The molecule has 0 saturated carbocycles. The number of rotatable bonds is 5. The maximum Gasteiger partial charge on any atom is 0.164 e. The minimum absolute atomic E-state index is 0.0992. The van der Waals surface area contributed by atoms with Gasteiger partial charge < -0.3 is 4.42 Å². The Morgan fingerprint density at radius 1 is 0.340 bits per heavy atom. The van der Waals surface area contributed by atoms with Crippen molar-refractivity contribution in [2.45, 2.75) is 0 Å². The van der Waals surface area contributed by atoms with E-state index in [9.17, 15) is 0 Å². The van der Waals surface area contributed by atoms with Crippen LogP contribution in [0.15, 0.2) is 114 Å². The molecule has 8 aromatic rings. The molecule has 0 atom stereocenters. The SMILES string of the molecule is [B]c1c([B])c([B])c2c(oc3c([B])c([B])c(-c4nc(-c5ccc(-c6ccccc6)cc5)nc(-c5cccc(-c6ccccc6)c5)n4)c([B])c32)c1[B]. The molecule has 6 aromatic carbocycles. The Labute approximate surface area is 299 Å². The maximum atomic E-state index is 6.94. The van der Waals surface area contributed by atoms with Crippen molar-refractivity contribution in [2.24, 2.45) is 0 Å². The Balaban J connectivity index is 1.38. The average molecular weight is 620 g/mol. The molecule has 0 aliphatic heterocycles. The van der Waals surface area contributed by atoms with E-state index >= 15 is 0 Å². The lowest BCUT2D eigenvalue weighted by atomic mass is 9.64. The summed E-state index contributed by atoms with van der Waals surface area (Å²) in [5.41, 5.74) is 7.28. The van der Waals surface area contributed by atoms with Crippen molar-refractivity contribution in [3.05, 3.63) is 109 Å². The van der Waals surface area contributed by atoms with Crippen molar-refractivity contribution in [2.75, 3.05) is 0 Å². The van der Waals surface area contributed by atoms with E-state index in [1.165, 1.54) is 0 Å². The first kappa shape index (κ1) is 31.8. The summed E-state index contributed by atoms with van der Waals surface area (Å²) in [4.78, 5) is 14.8. The third kappa shape index (κ3) is 5.24. The Morgan fingerprint density at radius 3 is 1.42 bits per heavy atom. The van der Waals surface area contributed by atoms with E-state index in [4.69, 9.17) is 74.3 Å². The Bertz CT molecular complexity index is 2610. The summed E-state index contributed by atoms with van der Waals surface area (Å²) in [5.74, 6) is 1.02. The van der Waals surface area contributed by atoms with Crippen LogP contribution in [-0.4, -0.2) is 69.9 Å². The van der Waals surface area contributed by atoms with Crippen molar-refractivity contribution in [1.82, 2.24) is 15.0 Å². The molecule has 0 spiro atoms. The first-order chi connectivity index (χ1) is 24.2. The predicted molar refractivity (Wildman–Crippen MR) is 212 cm³/mol. The fourth-order valence-corrected chi connectivity index (χ4v) is 6.30. The van der Waals surface area contributed by atoms with Crippen LogP contribution in [0.5, 0.6) is 0 Å². The van der Waals surface area contributed by atoms with E-state index in [-0.39, 0.29) is 60.8 Å². The maximum absolute atomic E-state index is 6.94. The molecule has 216 valence electrons. The van der Waals surface area contributed by atoms with Crippen molar-refractivity contribution in [3.8, 4) is 56.4 Å². The fraction of sp³-hybridized carbons (Fsp3) is 0. The van der Waals surface area contributed by atoms with Gasteiger partial charge >= 0.3 is 0 Å². The van der Waals surface area contributed by atoms with Gasteiger partial charge in [-0.15, -0.1) is 10.9 Å². The van der Waals surface area contributed by atoms with E-state index in [1.807, 2.05) is 97.1 Å². The molecule has 0 saturated heterocycles. The lowest BCUT2D eigenvalue weighted by Gasteiger charge is -2.17. The van der Waals surface area contributed by atoms with Gasteiger partial charge in [-0.1, -0.05) is 130 Å². The number of hydrogen-bond acceptors (Lipinski definition) is 4. The molecule has 0 bridgehead atoms. The molecule has 11 heteroatoms. The zero-order valence-electron chi connectivity index (χ0n) is 26.7. The first-order valence-electron chi connectivity index (χ1n) is 15.7. The van der Waals surface area contributed by atoms with Crippen molar-refractivity contribution in [3.63, 3.8) is 0 Å². The second kappa shape index (κ2) is 12.5. The van der Waals surface area contributed by atoms with Gasteiger partial charge in [0.2, 0.25) is 0 Å². The number of nitrogens with zero attached hydrogens (tertiary/aromatic N) is 3. The van der Waals surface area contributed by atoms with Gasteiger partial charge in [-0.25, -0.2) is 15.0 Å². The number of fused-ring (bicyclic) bond motifs is 3. The minimum Gasteiger partial charge on any atom is -0.457 e. The molecule has 2 aromatic heterocycles. The topological polar surface area (TPSA) is 51.8 Å². The standard InChI is InChI=1S/C39H18B7N3O/c40-28-25-26-29(41)31(43)32(44)34(46)36(26)50-35(25)33(45)30(42)27(28)39-48-37(22-16-14-21(15-17-22)19-8-3-1-4-9-19)47-38(49-39)24-13-7-12-23(18-24)20-10-5-2-6-11-20/h1-18H. The highest BCUT2D eigenvalue weighted by atomic mass is 16.3. The van der Waals surface area contributed by atoms with E-state index in [2.05, 4.69) is 12.1 Å². The second-order valence-corrected chi connectivity index (χ2v) is 12.0. The van der Waals surface area contributed by atoms with Crippen LogP contribution >= 0.6 is 0 Å². The molecule has 50 heavy (non-hydrogen) atoms. The van der Waals surface area contributed by atoms with Gasteiger partial charge in [0, 0.05) is 27.5 Å². The molecule has 0 aliphatic rings. The van der Waals surface area contributed by atoms with Crippen LogP contribution in [0.4, 0.5) is 0 Å². The smallest absolute Gasteiger partial charge is 0.164 e.